The molecule has 0 saturated carbocycles. The number of phosphoric acid groups is 1. The molecule has 0 aliphatic carbocycles. The van der Waals surface area contributed by atoms with Gasteiger partial charge in [0.1, 0.15) is 13.2 Å². The molecule has 0 fully saturated rings. The third-order valence-corrected chi connectivity index (χ3v) is 16.9. The van der Waals surface area contributed by atoms with Crippen molar-refractivity contribution in [1.82, 2.24) is 5.32 Å². The van der Waals surface area contributed by atoms with Crippen LogP contribution >= 0.6 is 7.82 Å². The zero-order chi connectivity index (χ0) is 56.3. The molecule has 0 radical (unpaired) electrons. The lowest BCUT2D eigenvalue weighted by Crippen LogP contribution is -2.45. The highest BCUT2D eigenvalue weighted by molar-refractivity contribution is 7.47. The first kappa shape index (κ1) is 76.0. The van der Waals surface area contributed by atoms with Gasteiger partial charge in [-0.3, -0.25) is 13.8 Å². The van der Waals surface area contributed by atoms with Crippen LogP contribution in [-0.2, 0) is 18.4 Å². The zero-order valence-electron chi connectivity index (χ0n) is 52.5. The van der Waals surface area contributed by atoms with Crippen LogP contribution in [0.3, 0.4) is 0 Å². The third-order valence-electron chi connectivity index (χ3n) is 15.9. The second kappa shape index (κ2) is 59.6. The smallest absolute Gasteiger partial charge is 0.387 e. The van der Waals surface area contributed by atoms with Gasteiger partial charge in [0.2, 0.25) is 5.91 Å². The van der Waals surface area contributed by atoms with E-state index in [2.05, 4.69) is 31.3 Å². The Morgan fingerprint density at radius 3 is 1.04 bits per heavy atom. The Hall–Kier alpha value is -1.02. The standard InChI is InChI=1S/C68H135N2O6P/c1-6-8-10-12-14-16-18-20-22-24-26-28-30-31-32-33-34-35-36-37-38-40-42-44-46-48-50-52-54-56-58-60-62-68(72)69-66(65-76-77(73,74)75-64-63-70(3,4)5)67(71)61-59-57-55-53-51-49-47-45-43-41-39-29-27-25-23-21-19-17-15-13-11-9-7-2/h51,53,59,61,66-67,71H,6-50,52,54-58,60,62-65H2,1-5H3,(H-,69,72,73,74)/p+1/b53-51+,61-59+. The Kier molecular flexibility index (Phi) is 58.8. The van der Waals surface area contributed by atoms with Crippen LogP contribution in [0.25, 0.3) is 0 Å². The maximum atomic E-state index is 13.0. The highest BCUT2D eigenvalue weighted by atomic mass is 31.2. The van der Waals surface area contributed by atoms with Crippen molar-refractivity contribution in [3.8, 4) is 0 Å². The summed E-state index contributed by atoms with van der Waals surface area (Å²) in [6.45, 7) is 4.86. The fourth-order valence-electron chi connectivity index (χ4n) is 10.6. The summed E-state index contributed by atoms with van der Waals surface area (Å²) in [4.78, 5) is 23.4. The van der Waals surface area contributed by atoms with Crippen molar-refractivity contribution >= 4 is 13.7 Å². The van der Waals surface area contributed by atoms with Crippen molar-refractivity contribution in [2.24, 2.45) is 0 Å². The van der Waals surface area contributed by atoms with E-state index in [-0.39, 0.29) is 19.1 Å². The molecule has 458 valence electrons. The van der Waals surface area contributed by atoms with Crippen LogP contribution in [-0.4, -0.2) is 73.4 Å². The topological polar surface area (TPSA) is 105 Å². The van der Waals surface area contributed by atoms with Crippen molar-refractivity contribution in [3.05, 3.63) is 24.3 Å². The van der Waals surface area contributed by atoms with Crippen molar-refractivity contribution in [1.29, 1.82) is 0 Å². The zero-order valence-corrected chi connectivity index (χ0v) is 53.4. The number of quaternary nitrogens is 1. The first-order valence-electron chi connectivity index (χ1n) is 34.2. The molecule has 0 spiro atoms. The number of rotatable bonds is 64. The Morgan fingerprint density at radius 2 is 0.714 bits per heavy atom. The maximum Gasteiger partial charge on any atom is 0.472 e. The summed E-state index contributed by atoms with van der Waals surface area (Å²) < 4.78 is 23.8. The fourth-order valence-corrected chi connectivity index (χ4v) is 11.3. The summed E-state index contributed by atoms with van der Waals surface area (Å²) in [5.74, 6) is -0.178. The summed E-state index contributed by atoms with van der Waals surface area (Å²) in [5, 5.41) is 14.0. The Morgan fingerprint density at radius 1 is 0.429 bits per heavy atom. The quantitative estimate of drug-likeness (QED) is 0.0243. The molecule has 1 amide bonds. The molecule has 3 N–H and O–H groups in total. The van der Waals surface area contributed by atoms with Gasteiger partial charge in [-0.05, 0) is 32.1 Å². The molecule has 0 heterocycles. The number of nitrogens with zero attached hydrogens (tertiary/aromatic N) is 1. The molecular formula is C68H136N2O6P+. The Balaban J connectivity index is 4.05. The molecule has 0 aromatic rings. The van der Waals surface area contributed by atoms with Crippen molar-refractivity contribution < 1.29 is 32.9 Å². The number of allylic oxidation sites excluding steroid dienone is 3. The number of nitrogens with one attached hydrogen (secondary N) is 1. The second-order valence-electron chi connectivity index (χ2n) is 24.9. The number of carbonyl (C=O) groups is 1. The average molecular weight is 1110 g/mol. The molecule has 0 aliphatic heterocycles. The molecule has 9 heteroatoms. The summed E-state index contributed by atoms with van der Waals surface area (Å²) in [7, 11) is 1.57. The largest absolute Gasteiger partial charge is 0.472 e. The number of unbranched alkanes of at least 4 members (excludes halogenated alkanes) is 49. The monoisotopic (exact) mass is 1110 g/mol. The van der Waals surface area contributed by atoms with Crippen LogP contribution in [0.15, 0.2) is 24.3 Å². The van der Waals surface area contributed by atoms with Crippen molar-refractivity contribution in [2.75, 3.05) is 40.9 Å². The molecule has 0 bridgehead atoms. The minimum absolute atomic E-state index is 0.0590. The Labute approximate surface area is 481 Å². The van der Waals surface area contributed by atoms with E-state index in [0.29, 0.717) is 17.4 Å². The van der Waals surface area contributed by atoms with Crippen molar-refractivity contribution in [3.63, 3.8) is 0 Å². The van der Waals surface area contributed by atoms with E-state index < -0.39 is 20.0 Å². The lowest BCUT2D eigenvalue weighted by molar-refractivity contribution is -0.870. The minimum atomic E-state index is -4.36. The molecule has 3 unspecified atom stereocenters. The van der Waals surface area contributed by atoms with E-state index in [4.69, 9.17) is 9.05 Å². The van der Waals surface area contributed by atoms with Crippen molar-refractivity contribution in [2.45, 2.75) is 366 Å². The third kappa shape index (κ3) is 62.4. The highest BCUT2D eigenvalue weighted by Crippen LogP contribution is 2.43. The number of aliphatic hydroxyl groups is 1. The number of likely N-dealkylation sites (N-methyl/N-ethyl adjacent to an activating group) is 1. The number of phosphoric ester groups is 1. The van der Waals surface area contributed by atoms with Gasteiger partial charge in [0.25, 0.3) is 0 Å². The fraction of sp³-hybridized carbons (Fsp3) is 0.926. The normalized spacial score (nSPS) is 13.8. The molecule has 3 atom stereocenters. The maximum absolute atomic E-state index is 13.0. The van der Waals surface area contributed by atoms with Gasteiger partial charge in [0, 0.05) is 6.42 Å². The number of carbonyl (C=O) groups excluding carboxylic acids is 1. The molecule has 0 aromatic carbocycles. The van der Waals surface area contributed by atoms with Crippen LogP contribution in [0.5, 0.6) is 0 Å². The predicted octanol–water partition coefficient (Wildman–Crippen LogP) is 21.5. The van der Waals surface area contributed by atoms with E-state index >= 15 is 0 Å². The molecule has 0 aromatic heterocycles. The van der Waals surface area contributed by atoms with Gasteiger partial charge >= 0.3 is 7.82 Å². The average Bonchev–Trinajstić information content (AvgIpc) is 3.39. The lowest BCUT2D eigenvalue weighted by atomic mass is 10.0. The predicted molar refractivity (Wildman–Crippen MR) is 337 cm³/mol. The molecule has 0 aliphatic rings. The second-order valence-corrected chi connectivity index (χ2v) is 26.4. The molecule has 0 saturated heterocycles. The van der Waals surface area contributed by atoms with Gasteiger partial charge in [-0.1, -0.05) is 340 Å². The van der Waals surface area contributed by atoms with E-state index in [0.717, 1.165) is 38.5 Å². The molecule has 0 rings (SSSR count). The minimum Gasteiger partial charge on any atom is -0.387 e. The van der Waals surface area contributed by atoms with Crippen LogP contribution in [0, 0.1) is 0 Å². The van der Waals surface area contributed by atoms with Gasteiger partial charge in [-0.25, -0.2) is 4.57 Å². The molecule has 8 nitrogen and oxygen atoms in total. The molecular weight excluding hydrogens is 972 g/mol. The number of aliphatic hydroxyl groups excluding tert-OH is 1. The Bertz CT molecular complexity index is 1300. The van der Waals surface area contributed by atoms with E-state index in [1.54, 1.807) is 6.08 Å². The van der Waals surface area contributed by atoms with Crippen LogP contribution < -0.4 is 5.32 Å². The van der Waals surface area contributed by atoms with Gasteiger partial charge in [-0.2, -0.15) is 0 Å². The van der Waals surface area contributed by atoms with E-state index in [1.165, 1.54) is 295 Å². The van der Waals surface area contributed by atoms with Crippen LogP contribution in [0.1, 0.15) is 354 Å². The highest BCUT2D eigenvalue weighted by Gasteiger charge is 2.28. The molecule has 77 heavy (non-hydrogen) atoms. The first-order valence-corrected chi connectivity index (χ1v) is 35.7. The van der Waals surface area contributed by atoms with Crippen LogP contribution in [0.4, 0.5) is 0 Å². The van der Waals surface area contributed by atoms with Gasteiger partial charge < -0.3 is 19.8 Å². The number of amides is 1. The SMILES string of the molecule is CCCCCCCCCCCCCCCCCCC/C=C/CC/C=C/C(O)C(COP(=O)(O)OCC[N+](C)(C)C)NC(=O)CCCCCCCCCCCCCCCCCCCCCCCCCCCCCCCCCC. The van der Waals surface area contributed by atoms with Crippen LogP contribution in [0.2, 0.25) is 0 Å². The van der Waals surface area contributed by atoms with Gasteiger partial charge in [-0.15, -0.1) is 0 Å². The summed E-state index contributed by atoms with van der Waals surface area (Å²) in [6.07, 6.45) is 77.6. The summed E-state index contributed by atoms with van der Waals surface area (Å²) >= 11 is 0. The lowest BCUT2D eigenvalue weighted by Gasteiger charge is -2.25. The van der Waals surface area contributed by atoms with E-state index in [9.17, 15) is 19.4 Å². The summed E-state index contributed by atoms with van der Waals surface area (Å²) in [5.41, 5.74) is 0. The number of hydrogen-bond acceptors (Lipinski definition) is 5. The van der Waals surface area contributed by atoms with Gasteiger partial charge in [0.15, 0.2) is 0 Å². The van der Waals surface area contributed by atoms with Gasteiger partial charge in [0.05, 0.1) is 39.9 Å². The first-order chi connectivity index (χ1) is 37.5. The van der Waals surface area contributed by atoms with E-state index in [1.807, 2.05) is 27.2 Å². The number of hydrogen-bond donors (Lipinski definition) is 3. The summed E-state index contributed by atoms with van der Waals surface area (Å²) in [6, 6.07) is -0.861.